The fraction of sp³-hybridized carbons (Fsp3) is 0.0448. The molecule has 0 heterocycles. The molecule has 11 aromatic rings. The van der Waals surface area contributed by atoms with Gasteiger partial charge in [-0.25, -0.2) is 0 Å². The van der Waals surface area contributed by atoms with Crippen molar-refractivity contribution < 1.29 is 0 Å². The summed E-state index contributed by atoms with van der Waals surface area (Å²) in [5, 5.41) is 2.43. The van der Waals surface area contributed by atoms with Crippen LogP contribution in [0.1, 0.15) is 25.0 Å². The van der Waals surface area contributed by atoms with Crippen molar-refractivity contribution in [1.29, 1.82) is 0 Å². The predicted octanol–water partition coefficient (Wildman–Crippen LogP) is 18.8. The third-order valence-electron chi connectivity index (χ3n) is 14.0. The number of rotatable bonds is 10. The minimum atomic E-state index is -0.223. The van der Waals surface area contributed by atoms with E-state index in [-0.39, 0.29) is 5.41 Å². The van der Waals surface area contributed by atoms with Gasteiger partial charge in [-0.2, -0.15) is 0 Å². The number of hydrogen-bond acceptors (Lipinski definition) is 2. The van der Waals surface area contributed by atoms with E-state index in [1.165, 1.54) is 72.0 Å². The Kier molecular flexibility index (Phi) is 10.6. The average Bonchev–Trinajstić information content (AvgIpc) is 3.64. The first-order valence-corrected chi connectivity index (χ1v) is 23.9. The molecular formula is C67H50N2. The third-order valence-corrected chi connectivity index (χ3v) is 14.0. The first kappa shape index (κ1) is 41.7. The molecule has 328 valence electrons. The summed E-state index contributed by atoms with van der Waals surface area (Å²) in [4.78, 5) is 4.85. The van der Waals surface area contributed by atoms with Gasteiger partial charge in [-0.15, -0.1) is 0 Å². The zero-order valence-electron chi connectivity index (χ0n) is 38.8. The second-order valence-electron chi connectivity index (χ2n) is 18.5. The number of para-hydroxylation sites is 2. The Labute approximate surface area is 405 Å². The molecule has 12 rings (SSSR count). The summed E-state index contributed by atoms with van der Waals surface area (Å²) in [6.45, 7) is 4.76. The lowest BCUT2D eigenvalue weighted by Crippen LogP contribution is -2.17. The Bertz CT molecular complexity index is 3560. The van der Waals surface area contributed by atoms with Crippen LogP contribution in [0.15, 0.2) is 267 Å². The van der Waals surface area contributed by atoms with E-state index >= 15 is 0 Å². The largest absolute Gasteiger partial charge is 0.310 e. The van der Waals surface area contributed by atoms with Crippen molar-refractivity contribution in [3.8, 4) is 55.6 Å². The van der Waals surface area contributed by atoms with Crippen molar-refractivity contribution in [1.82, 2.24) is 0 Å². The fourth-order valence-electron chi connectivity index (χ4n) is 10.6. The van der Waals surface area contributed by atoms with Gasteiger partial charge in [-0.3, -0.25) is 0 Å². The molecular weight excluding hydrogens is 833 g/mol. The molecule has 11 aromatic carbocycles. The predicted molar refractivity (Wildman–Crippen MR) is 293 cm³/mol. The highest BCUT2D eigenvalue weighted by Gasteiger charge is 2.36. The van der Waals surface area contributed by atoms with Crippen LogP contribution in [-0.2, 0) is 5.41 Å². The third kappa shape index (κ3) is 7.67. The van der Waals surface area contributed by atoms with E-state index in [1.54, 1.807) is 0 Å². The lowest BCUT2D eigenvalue weighted by Gasteiger charge is -2.31. The molecule has 1 aliphatic rings. The summed E-state index contributed by atoms with van der Waals surface area (Å²) in [7, 11) is 0. The highest BCUT2D eigenvalue weighted by Crippen LogP contribution is 2.53. The average molecular weight is 883 g/mol. The molecule has 0 aliphatic heterocycles. The molecule has 2 heteroatoms. The zero-order valence-corrected chi connectivity index (χ0v) is 38.8. The summed E-state index contributed by atoms with van der Waals surface area (Å²) in [6.07, 6.45) is 0. The van der Waals surface area contributed by atoms with Crippen molar-refractivity contribution >= 4 is 44.9 Å². The quantitative estimate of drug-likeness (QED) is 0.135. The van der Waals surface area contributed by atoms with Gasteiger partial charge in [-0.05, 0) is 150 Å². The minimum absolute atomic E-state index is 0.223. The second kappa shape index (κ2) is 17.5. The van der Waals surface area contributed by atoms with Gasteiger partial charge in [0, 0.05) is 39.5 Å². The van der Waals surface area contributed by atoms with Gasteiger partial charge in [0.15, 0.2) is 0 Å². The Balaban J connectivity index is 1.11. The Morgan fingerprint density at radius 1 is 0.261 bits per heavy atom. The highest BCUT2D eigenvalue weighted by molar-refractivity contribution is 6.05. The first-order chi connectivity index (χ1) is 34.0. The van der Waals surface area contributed by atoms with Gasteiger partial charge in [0.2, 0.25) is 0 Å². The molecule has 0 bridgehead atoms. The molecule has 0 unspecified atom stereocenters. The molecule has 0 fully saturated rings. The van der Waals surface area contributed by atoms with Crippen molar-refractivity contribution in [2.75, 3.05) is 9.80 Å². The van der Waals surface area contributed by atoms with Gasteiger partial charge in [-0.1, -0.05) is 208 Å². The van der Waals surface area contributed by atoms with E-state index in [0.717, 1.165) is 39.7 Å². The second-order valence-corrected chi connectivity index (χ2v) is 18.5. The molecule has 0 atom stereocenters. The van der Waals surface area contributed by atoms with Crippen LogP contribution in [0, 0.1) is 0 Å². The molecule has 1 aliphatic carbocycles. The van der Waals surface area contributed by atoms with E-state index < -0.39 is 0 Å². The molecule has 0 saturated carbocycles. The zero-order chi connectivity index (χ0) is 46.3. The van der Waals surface area contributed by atoms with Gasteiger partial charge in [0.1, 0.15) is 0 Å². The molecule has 0 aromatic heterocycles. The fourth-order valence-corrected chi connectivity index (χ4v) is 10.6. The Morgan fingerprint density at radius 3 is 1.35 bits per heavy atom. The monoisotopic (exact) mass is 882 g/mol. The van der Waals surface area contributed by atoms with E-state index in [9.17, 15) is 0 Å². The van der Waals surface area contributed by atoms with Crippen molar-refractivity contribution in [2.24, 2.45) is 0 Å². The molecule has 2 nitrogen and oxygen atoms in total. The van der Waals surface area contributed by atoms with Crippen molar-refractivity contribution in [3.05, 3.63) is 278 Å². The summed E-state index contributed by atoms with van der Waals surface area (Å²) in [5.41, 5.74) is 21.0. The number of hydrogen-bond donors (Lipinski definition) is 0. The summed E-state index contributed by atoms with van der Waals surface area (Å²) in [6, 6.07) is 97.5. The van der Waals surface area contributed by atoms with Crippen LogP contribution in [0.5, 0.6) is 0 Å². The first-order valence-electron chi connectivity index (χ1n) is 23.9. The van der Waals surface area contributed by atoms with Gasteiger partial charge in [0.05, 0.1) is 0 Å². The van der Waals surface area contributed by atoms with Crippen LogP contribution in [-0.4, -0.2) is 0 Å². The minimum Gasteiger partial charge on any atom is -0.310 e. The maximum absolute atomic E-state index is 2.47. The molecule has 0 spiro atoms. The van der Waals surface area contributed by atoms with E-state index in [2.05, 4.69) is 291 Å². The van der Waals surface area contributed by atoms with Gasteiger partial charge >= 0.3 is 0 Å². The summed E-state index contributed by atoms with van der Waals surface area (Å²) < 4.78 is 0. The summed E-state index contributed by atoms with van der Waals surface area (Å²) >= 11 is 0. The lowest BCUT2D eigenvalue weighted by molar-refractivity contribution is 0.660. The van der Waals surface area contributed by atoms with E-state index in [0.29, 0.717) is 0 Å². The van der Waals surface area contributed by atoms with Crippen LogP contribution < -0.4 is 9.80 Å². The molecule has 0 amide bonds. The standard InChI is InChI=1S/C67H50N2/c1-67(2)64-41-35-52(48-22-10-4-11-23-48)44-63(64)62-40-38-57(46-65(62)67)69(56-36-32-49(33-37-56)47-20-8-3-9-21-47)59-43-53(42-58(45-59)68(54-27-14-6-15-28-54)55-29-16-7-17-30-55)61-39-34-50-24-18-19-31-60(50)66(61)51-25-12-5-13-26-51/h3-46H,1-2H3. The topological polar surface area (TPSA) is 6.48 Å². The maximum atomic E-state index is 2.47. The molecule has 0 saturated heterocycles. The number of benzene rings is 11. The Morgan fingerprint density at radius 2 is 0.725 bits per heavy atom. The van der Waals surface area contributed by atoms with Crippen LogP contribution in [0.25, 0.3) is 66.4 Å². The van der Waals surface area contributed by atoms with Crippen molar-refractivity contribution in [3.63, 3.8) is 0 Å². The van der Waals surface area contributed by atoms with Gasteiger partial charge < -0.3 is 9.80 Å². The maximum Gasteiger partial charge on any atom is 0.0488 e. The summed E-state index contributed by atoms with van der Waals surface area (Å²) in [5.74, 6) is 0. The van der Waals surface area contributed by atoms with Crippen LogP contribution in [0.2, 0.25) is 0 Å². The molecule has 0 radical (unpaired) electrons. The SMILES string of the molecule is CC1(C)c2ccc(-c3ccccc3)cc2-c2ccc(N(c3ccc(-c4ccccc4)cc3)c3cc(-c4ccc5ccccc5c4-c4ccccc4)cc(N(c4ccccc4)c4ccccc4)c3)cc21. The number of anilines is 6. The van der Waals surface area contributed by atoms with Crippen molar-refractivity contribution in [2.45, 2.75) is 19.3 Å². The van der Waals surface area contributed by atoms with E-state index in [1.807, 2.05) is 0 Å². The Hall–Kier alpha value is -8.72. The number of fused-ring (bicyclic) bond motifs is 4. The van der Waals surface area contributed by atoms with Crippen LogP contribution in [0.4, 0.5) is 34.1 Å². The number of nitrogens with zero attached hydrogens (tertiary/aromatic N) is 2. The molecule has 69 heavy (non-hydrogen) atoms. The van der Waals surface area contributed by atoms with Gasteiger partial charge in [0.25, 0.3) is 0 Å². The highest BCUT2D eigenvalue weighted by atomic mass is 15.2. The van der Waals surface area contributed by atoms with Crippen LogP contribution >= 0.6 is 0 Å². The normalized spacial score (nSPS) is 12.3. The molecule has 0 N–H and O–H groups in total. The smallest absolute Gasteiger partial charge is 0.0488 e. The van der Waals surface area contributed by atoms with E-state index in [4.69, 9.17) is 0 Å². The lowest BCUT2D eigenvalue weighted by atomic mass is 9.82. The van der Waals surface area contributed by atoms with Crippen LogP contribution in [0.3, 0.4) is 0 Å².